The molecule has 0 amide bonds. The largest absolute Gasteiger partial charge is 0.294 e. The fourth-order valence-corrected chi connectivity index (χ4v) is 2.20. The molecule has 0 heterocycles. The van der Waals surface area contributed by atoms with Crippen LogP contribution in [0, 0.1) is 6.92 Å². The highest BCUT2D eigenvalue weighted by Crippen LogP contribution is 2.43. The van der Waals surface area contributed by atoms with Gasteiger partial charge in [-0.2, -0.15) is 0 Å². The van der Waals surface area contributed by atoms with Gasteiger partial charge in [0.1, 0.15) is 0 Å². The maximum atomic E-state index is 11.1. The number of hydrogen-bond donors (Lipinski definition) is 0. The maximum absolute atomic E-state index is 11.1. The molecule has 0 aliphatic heterocycles. The molecule has 0 fully saturated rings. The summed E-state index contributed by atoms with van der Waals surface area (Å²) in [5.74, 6) is -0.569. The zero-order valence-corrected chi connectivity index (χ0v) is 10.3. The molecule has 1 aromatic rings. The normalized spacial score (nSPS) is 10.4. The Hall–Kier alpha value is 0.340. The van der Waals surface area contributed by atoms with E-state index in [1.807, 2.05) is 0 Å². The summed E-state index contributed by atoms with van der Waals surface area (Å²) >= 11 is 28.6. The molecule has 0 saturated carbocycles. The van der Waals surface area contributed by atoms with Crippen molar-refractivity contribution < 1.29 is 4.79 Å². The summed E-state index contributed by atoms with van der Waals surface area (Å²) in [5.41, 5.74) is -0.0206. The Bertz CT molecular complexity index is 384. The van der Waals surface area contributed by atoms with Crippen molar-refractivity contribution in [2.45, 2.75) is 0 Å². The first-order valence-electron chi connectivity index (χ1n) is 3.25. The molecule has 0 aliphatic carbocycles. The lowest BCUT2D eigenvalue weighted by Gasteiger charge is -2.09. The average molecular weight is 291 g/mol. The summed E-state index contributed by atoms with van der Waals surface area (Å²) in [6, 6.07) is 0. The molecule has 0 aromatic heterocycles. The highest BCUT2D eigenvalue weighted by Gasteiger charge is 2.21. The van der Waals surface area contributed by atoms with Crippen LogP contribution < -0.4 is 0 Å². The second kappa shape index (κ2) is 4.46. The fraction of sp³-hybridized carbons (Fsp3) is 0. The van der Waals surface area contributed by atoms with Crippen LogP contribution in [0.25, 0.3) is 0 Å². The molecule has 1 aromatic carbocycles. The van der Waals surface area contributed by atoms with Gasteiger partial charge < -0.3 is 0 Å². The van der Waals surface area contributed by atoms with Crippen molar-refractivity contribution in [3.05, 3.63) is 37.6 Å². The first-order valence-corrected chi connectivity index (χ1v) is 5.14. The molecule has 1 radical (unpaired) electrons. The molecule has 0 bridgehead atoms. The summed E-state index contributed by atoms with van der Waals surface area (Å²) in [6.45, 7) is 3.17. The summed E-state index contributed by atoms with van der Waals surface area (Å²) < 4.78 is 0. The molecule has 6 heteroatoms. The zero-order chi connectivity index (χ0) is 11.0. The Kier molecular flexibility index (Phi) is 3.95. The smallest absolute Gasteiger partial charge is 0.166 e. The second-order valence-corrected chi connectivity index (χ2v) is 4.26. The van der Waals surface area contributed by atoms with E-state index in [4.69, 9.17) is 58.0 Å². The van der Waals surface area contributed by atoms with Gasteiger partial charge in [0.25, 0.3) is 0 Å². The van der Waals surface area contributed by atoms with Crippen molar-refractivity contribution in [2.75, 3.05) is 0 Å². The Balaban J connectivity index is 3.68. The Morgan fingerprint density at radius 2 is 1.07 bits per heavy atom. The van der Waals surface area contributed by atoms with Gasteiger partial charge in [-0.3, -0.25) is 4.79 Å². The van der Waals surface area contributed by atoms with Crippen molar-refractivity contribution >= 4 is 63.8 Å². The van der Waals surface area contributed by atoms with Crippen LogP contribution in [0.5, 0.6) is 0 Å². The summed E-state index contributed by atoms with van der Waals surface area (Å²) in [6.07, 6.45) is 0. The predicted molar refractivity (Wildman–Crippen MR) is 61.2 cm³/mol. The minimum Gasteiger partial charge on any atom is -0.294 e. The maximum Gasteiger partial charge on any atom is 0.166 e. The van der Waals surface area contributed by atoms with Gasteiger partial charge in [0.2, 0.25) is 0 Å². The van der Waals surface area contributed by atoms with E-state index < -0.39 is 5.78 Å². The molecule has 14 heavy (non-hydrogen) atoms. The van der Waals surface area contributed by atoms with Gasteiger partial charge in [-0.05, 0) is 0 Å². The van der Waals surface area contributed by atoms with Crippen LogP contribution in [0.4, 0.5) is 0 Å². The van der Waals surface area contributed by atoms with Gasteiger partial charge in [0.15, 0.2) is 5.78 Å². The second-order valence-electron chi connectivity index (χ2n) is 2.37. The van der Waals surface area contributed by atoms with E-state index in [0.29, 0.717) is 0 Å². The van der Waals surface area contributed by atoms with Gasteiger partial charge in [0.05, 0.1) is 30.7 Å². The summed E-state index contributed by atoms with van der Waals surface area (Å²) in [7, 11) is 0. The Morgan fingerprint density at radius 3 is 1.36 bits per heavy atom. The van der Waals surface area contributed by atoms with Crippen molar-refractivity contribution in [3.8, 4) is 0 Å². The van der Waals surface area contributed by atoms with Crippen LogP contribution >= 0.6 is 58.0 Å². The molecule has 75 valence electrons. The van der Waals surface area contributed by atoms with Crippen LogP contribution in [-0.4, -0.2) is 5.78 Å². The molecular weight excluding hydrogens is 289 g/mol. The SMILES string of the molecule is [CH2]C(=O)c1c(Cl)c(Cl)c(Cl)c(Cl)c1Cl. The molecule has 0 atom stereocenters. The van der Waals surface area contributed by atoms with Crippen LogP contribution in [0.3, 0.4) is 0 Å². The van der Waals surface area contributed by atoms with Crippen LogP contribution in [0.15, 0.2) is 0 Å². The predicted octanol–water partition coefficient (Wildman–Crippen LogP) is 4.97. The monoisotopic (exact) mass is 289 g/mol. The highest BCUT2D eigenvalue weighted by molar-refractivity contribution is 6.56. The van der Waals surface area contributed by atoms with Gasteiger partial charge in [-0.15, -0.1) is 0 Å². The van der Waals surface area contributed by atoms with E-state index in [9.17, 15) is 4.79 Å². The molecule has 1 nitrogen and oxygen atoms in total. The van der Waals surface area contributed by atoms with Crippen molar-refractivity contribution in [3.63, 3.8) is 0 Å². The first-order chi connectivity index (χ1) is 6.37. The summed E-state index contributed by atoms with van der Waals surface area (Å²) in [5, 5.41) is -0.0602. The Labute approximate surface area is 106 Å². The third-order valence-electron chi connectivity index (χ3n) is 1.49. The van der Waals surface area contributed by atoms with E-state index in [0.717, 1.165) is 0 Å². The lowest BCUT2D eigenvalue weighted by atomic mass is 10.1. The van der Waals surface area contributed by atoms with Crippen molar-refractivity contribution in [2.24, 2.45) is 0 Å². The van der Waals surface area contributed by atoms with Gasteiger partial charge >= 0.3 is 0 Å². The minimum atomic E-state index is -0.569. The third-order valence-corrected chi connectivity index (χ3v) is 3.77. The van der Waals surface area contributed by atoms with E-state index in [1.165, 1.54) is 0 Å². The van der Waals surface area contributed by atoms with Crippen molar-refractivity contribution in [1.29, 1.82) is 0 Å². The molecule has 0 aliphatic rings. The first kappa shape index (κ1) is 12.4. The number of halogens is 5. The number of carbonyl (C=O) groups is 1. The van der Waals surface area contributed by atoms with E-state index >= 15 is 0 Å². The van der Waals surface area contributed by atoms with Crippen molar-refractivity contribution in [1.82, 2.24) is 0 Å². The number of Topliss-reactive ketones (excluding diaryl/α,β-unsaturated/α-hetero) is 1. The number of benzene rings is 1. The Morgan fingerprint density at radius 1 is 0.786 bits per heavy atom. The van der Waals surface area contributed by atoms with Crippen LogP contribution in [0.1, 0.15) is 10.4 Å². The van der Waals surface area contributed by atoms with E-state index in [2.05, 4.69) is 6.92 Å². The average Bonchev–Trinajstić information content (AvgIpc) is 2.11. The standard InChI is InChI=1S/C8H2Cl5O/c1-2(14)3-4(9)6(11)8(13)7(12)5(3)10/h1H2. The molecule has 0 spiro atoms. The van der Waals surface area contributed by atoms with Gasteiger partial charge in [0, 0.05) is 6.92 Å². The van der Waals surface area contributed by atoms with Gasteiger partial charge in [-0.1, -0.05) is 58.0 Å². The molecule has 0 unspecified atom stereocenters. The number of ketones is 1. The number of hydrogen-bond acceptors (Lipinski definition) is 1. The van der Waals surface area contributed by atoms with Gasteiger partial charge in [-0.25, -0.2) is 0 Å². The lowest BCUT2D eigenvalue weighted by Crippen LogP contribution is -1.97. The number of carbonyl (C=O) groups excluding carboxylic acids is 1. The third kappa shape index (κ3) is 1.98. The minimum absolute atomic E-state index is 0.00488. The molecular formula is C8H2Cl5O. The zero-order valence-electron chi connectivity index (χ0n) is 6.51. The number of rotatable bonds is 1. The quantitative estimate of drug-likeness (QED) is 0.405. The van der Waals surface area contributed by atoms with E-state index in [-0.39, 0.29) is 30.7 Å². The van der Waals surface area contributed by atoms with Crippen LogP contribution in [-0.2, 0) is 0 Å². The highest BCUT2D eigenvalue weighted by atomic mass is 35.5. The van der Waals surface area contributed by atoms with Crippen LogP contribution in [0.2, 0.25) is 25.1 Å². The molecule has 0 saturated heterocycles. The molecule has 1 rings (SSSR count). The van der Waals surface area contributed by atoms with E-state index in [1.54, 1.807) is 0 Å². The summed E-state index contributed by atoms with van der Waals surface area (Å²) in [4.78, 5) is 11.1. The topological polar surface area (TPSA) is 17.1 Å². The lowest BCUT2D eigenvalue weighted by molar-refractivity contribution is 0.104. The molecule has 0 N–H and O–H groups in total. The fourth-order valence-electron chi connectivity index (χ4n) is 0.850.